The third-order valence-corrected chi connectivity index (χ3v) is 6.09. The van der Waals surface area contributed by atoms with E-state index in [9.17, 15) is 5.26 Å². The Kier molecular flexibility index (Phi) is 6.96. The zero-order valence-electron chi connectivity index (χ0n) is 18.2. The number of nitriles is 1. The van der Waals surface area contributed by atoms with Gasteiger partial charge in [0.05, 0.1) is 0 Å². The summed E-state index contributed by atoms with van der Waals surface area (Å²) >= 11 is 2.63. The first kappa shape index (κ1) is 22.2. The molecule has 1 N–H and O–H groups in total. The van der Waals surface area contributed by atoms with E-state index < -0.39 is 0 Å². The number of anilines is 2. The first-order valence-corrected chi connectivity index (χ1v) is 11.3. The van der Waals surface area contributed by atoms with Crippen LogP contribution in [0, 0.1) is 11.3 Å². The molecule has 0 spiro atoms. The Hall–Kier alpha value is -3.05. The zero-order chi connectivity index (χ0) is 22.5. The fraction of sp³-hybridized carbons (Fsp3) is 0.292. The molecular weight excluding hydrogens is 441 g/mol. The number of para-hydroxylation sites is 1. The quantitative estimate of drug-likeness (QED) is 0.572. The topological polar surface area (TPSA) is 73.7 Å². The Bertz CT molecular complexity index is 1150. The van der Waals surface area contributed by atoms with Crippen LogP contribution in [-0.4, -0.2) is 54.3 Å². The Morgan fingerprint density at radius 1 is 1.16 bits per heavy atom. The molecule has 4 rings (SSSR count). The van der Waals surface area contributed by atoms with Crippen LogP contribution in [0.4, 0.5) is 11.4 Å². The van der Waals surface area contributed by atoms with E-state index >= 15 is 0 Å². The summed E-state index contributed by atoms with van der Waals surface area (Å²) in [4.78, 5) is 9.08. The van der Waals surface area contributed by atoms with Gasteiger partial charge >= 0.3 is 190 Å². The minimum atomic E-state index is 0.540. The van der Waals surface area contributed by atoms with Gasteiger partial charge in [-0.25, -0.2) is 0 Å². The van der Waals surface area contributed by atoms with Crippen molar-refractivity contribution in [3.05, 3.63) is 54.2 Å². The molecule has 0 amide bonds. The van der Waals surface area contributed by atoms with Gasteiger partial charge in [0, 0.05) is 0 Å². The molecule has 7 nitrogen and oxygen atoms in total. The summed E-state index contributed by atoms with van der Waals surface area (Å²) in [5.74, 6) is 1.30. The predicted octanol–water partition coefficient (Wildman–Crippen LogP) is 3.38. The van der Waals surface area contributed by atoms with Gasteiger partial charge in [0.25, 0.3) is 0 Å². The summed E-state index contributed by atoms with van der Waals surface area (Å²) in [6.45, 7) is 5.74. The molecule has 0 bridgehead atoms. The van der Waals surface area contributed by atoms with Crippen molar-refractivity contribution >= 4 is 26.8 Å². The number of hydrogen-bond acceptors (Lipinski definition) is 7. The van der Waals surface area contributed by atoms with Gasteiger partial charge in [0.2, 0.25) is 0 Å². The van der Waals surface area contributed by atoms with Crippen LogP contribution in [0.3, 0.4) is 0 Å². The second-order valence-corrected chi connectivity index (χ2v) is 8.04. The molecular formula is C24H25N5O2V. The molecule has 1 aliphatic rings. The fourth-order valence-corrected chi connectivity index (χ4v) is 4.42. The zero-order valence-corrected chi connectivity index (χ0v) is 19.6. The number of methoxy groups -OCH3 is 1. The van der Waals surface area contributed by atoms with E-state index in [1.54, 1.807) is 13.3 Å². The molecule has 32 heavy (non-hydrogen) atoms. The van der Waals surface area contributed by atoms with Gasteiger partial charge in [0.15, 0.2) is 0 Å². The number of piperazine rings is 1. The van der Waals surface area contributed by atoms with Crippen molar-refractivity contribution < 1.29 is 26.5 Å². The number of rotatable bonds is 7. The van der Waals surface area contributed by atoms with Gasteiger partial charge in [-0.15, -0.1) is 0 Å². The Balaban J connectivity index is 1.58. The van der Waals surface area contributed by atoms with Gasteiger partial charge in [-0.3, -0.25) is 0 Å². The standard InChI is InChI=1S/C24H25N5O2.V/c1-3-31-23-14-21-20(13-22(23)30-2)24(18(15-25)16-26-21)29-11-9-28(10-12-29)17-27-19-7-5-4-6-8-19;/h4-8,13-14,16,27H,3,9-12H2,1-2H3;. The van der Waals surface area contributed by atoms with Gasteiger partial charge in [0.1, 0.15) is 0 Å². The summed E-state index contributed by atoms with van der Waals surface area (Å²) in [6, 6.07) is 16.3. The van der Waals surface area contributed by atoms with Crippen LogP contribution in [0.1, 0.15) is 12.5 Å². The molecule has 8 heteroatoms. The molecule has 0 aliphatic carbocycles. The number of fused-ring (bicyclic) bond motifs is 1. The van der Waals surface area contributed by atoms with Crippen LogP contribution in [0.25, 0.3) is 10.9 Å². The average Bonchev–Trinajstić information content (AvgIpc) is 2.83. The SMILES string of the molecule is CCOc1cc2ncc(C#N)c(N3CCN([C](=[V])Nc4ccccc4)CC3)c2cc1OC. The molecule has 2 heterocycles. The number of hydrogen-bond donors (Lipinski definition) is 1. The first-order chi connectivity index (χ1) is 15.6. The number of nitrogens with zero attached hydrogens (tertiary/aromatic N) is 4. The second kappa shape index (κ2) is 10.0. The molecule has 1 fully saturated rings. The third kappa shape index (κ3) is 4.58. The van der Waals surface area contributed by atoms with E-state index in [0.29, 0.717) is 23.7 Å². The van der Waals surface area contributed by atoms with Crippen LogP contribution in [0.2, 0.25) is 0 Å². The third-order valence-electron chi connectivity index (χ3n) is 5.47. The van der Waals surface area contributed by atoms with Gasteiger partial charge < -0.3 is 0 Å². The van der Waals surface area contributed by atoms with Crippen LogP contribution in [0.15, 0.2) is 48.7 Å². The van der Waals surface area contributed by atoms with E-state index in [0.717, 1.165) is 52.9 Å². The van der Waals surface area contributed by atoms with E-state index in [1.165, 1.54) is 0 Å². The van der Waals surface area contributed by atoms with Crippen molar-refractivity contribution in [1.29, 1.82) is 5.26 Å². The maximum atomic E-state index is 9.78. The molecule has 3 aromatic rings. The number of nitrogens with one attached hydrogen (secondary N) is 1. The first-order valence-electron chi connectivity index (χ1n) is 10.6. The van der Waals surface area contributed by atoms with E-state index in [1.807, 2.05) is 37.3 Å². The second-order valence-electron chi connectivity index (χ2n) is 7.37. The molecule has 1 saturated heterocycles. The van der Waals surface area contributed by atoms with Gasteiger partial charge in [-0.1, -0.05) is 0 Å². The van der Waals surface area contributed by atoms with Crippen LogP contribution in [0.5, 0.6) is 11.5 Å². The van der Waals surface area contributed by atoms with Crippen molar-refractivity contribution in [1.82, 2.24) is 9.88 Å². The Labute approximate surface area is 197 Å². The molecule has 0 unspecified atom stereocenters. The summed E-state index contributed by atoms with van der Waals surface area (Å²) in [5.41, 5.74) is 3.32. The minimum absolute atomic E-state index is 0.540. The van der Waals surface area contributed by atoms with E-state index in [-0.39, 0.29) is 0 Å². The normalized spacial score (nSPS) is 14.1. The molecule has 1 aromatic heterocycles. The van der Waals surface area contributed by atoms with Crippen LogP contribution >= 0.6 is 0 Å². The van der Waals surface area contributed by atoms with E-state index in [2.05, 4.69) is 55.3 Å². The Morgan fingerprint density at radius 2 is 1.91 bits per heavy atom. The summed E-state index contributed by atoms with van der Waals surface area (Å²) in [5, 5.41) is 14.1. The average molecular weight is 466 g/mol. The molecule has 0 saturated carbocycles. The monoisotopic (exact) mass is 466 g/mol. The Morgan fingerprint density at radius 3 is 2.56 bits per heavy atom. The number of pyridine rings is 1. The van der Waals surface area contributed by atoms with E-state index in [4.69, 9.17) is 9.47 Å². The fourth-order valence-electron chi connectivity index (χ4n) is 3.91. The number of ether oxygens (including phenoxy) is 2. The molecule has 1 aliphatic heterocycles. The summed E-state index contributed by atoms with van der Waals surface area (Å²) < 4.78 is 12.3. The van der Waals surface area contributed by atoms with Crippen LogP contribution in [-0.2, 0) is 17.0 Å². The van der Waals surface area contributed by atoms with Crippen molar-refractivity contribution in [2.45, 2.75) is 6.92 Å². The van der Waals surface area contributed by atoms with Gasteiger partial charge in [-0.2, -0.15) is 0 Å². The van der Waals surface area contributed by atoms with Crippen molar-refractivity contribution in [2.75, 3.05) is 50.1 Å². The van der Waals surface area contributed by atoms with Crippen molar-refractivity contribution in [2.24, 2.45) is 0 Å². The predicted molar refractivity (Wildman–Crippen MR) is 123 cm³/mol. The number of aromatic nitrogens is 1. The number of benzene rings is 2. The van der Waals surface area contributed by atoms with Crippen LogP contribution < -0.4 is 19.7 Å². The summed E-state index contributed by atoms with van der Waals surface area (Å²) in [6.07, 6.45) is 1.65. The van der Waals surface area contributed by atoms with Gasteiger partial charge in [-0.05, 0) is 6.92 Å². The maximum absolute atomic E-state index is 9.78. The molecule has 0 atom stereocenters. The molecule has 0 radical (unpaired) electrons. The molecule has 2 aromatic carbocycles. The summed E-state index contributed by atoms with van der Waals surface area (Å²) in [7, 11) is 1.63. The molecule has 163 valence electrons. The van der Waals surface area contributed by atoms with Crippen molar-refractivity contribution in [3.63, 3.8) is 0 Å². The van der Waals surface area contributed by atoms with Crippen molar-refractivity contribution in [3.8, 4) is 17.6 Å².